The monoisotopic (exact) mass is 332 g/mol. The maximum absolute atomic E-state index is 5.58. The van der Waals surface area contributed by atoms with Crippen molar-refractivity contribution in [2.75, 3.05) is 6.54 Å². The van der Waals surface area contributed by atoms with E-state index in [4.69, 9.17) is 18.0 Å². The first-order valence-electron chi connectivity index (χ1n) is 6.03. The Morgan fingerprint density at radius 1 is 1.56 bits per heavy atom. The van der Waals surface area contributed by atoms with Crippen LogP contribution in [0.15, 0.2) is 4.47 Å². The zero-order valence-corrected chi connectivity index (χ0v) is 13.8. The van der Waals surface area contributed by atoms with E-state index in [0.29, 0.717) is 11.0 Å². The molecule has 0 saturated heterocycles. The highest BCUT2D eigenvalue weighted by molar-refractivity contribution is 9.10. The van der Waals surface area contributed by atoms with E-state index in [1.165, 1.54) is 5.69 Å². The number of halogens is 1. The lowest BCUT2D eigenvalue weighted by molar-refractivity contribution is 0.213. The topological polar surface area (TPSA) is 47.1 Å². The Balaban J connectivity index is 2.80. The summed E-state index contributed by atoms with van der Waals surface area (Å²) in [5.41, 5.74) is 7.78. The van der Waals surface area contributed by atoms with Gasteiger partial charge in [0.1, 0.15) is 0 Å². The lowest BCUT2D eigenvalue weighted by atomic mass is 10.2. The summed E-state index contributed by atoms with van der Waals surface area (Å²) in [4.78, 5) is 2.92. The molecule has 0 aliphatic heterocycles. The minimum absolute atomic E-state index is 0.446. The Morgan fingerprint density at radius 3 is 2.56 bits per heavy atom. The molecule has 0 unspecified atom stereocenters. The van der Waals surface area contributed by atoms with Crippen LogP contribution < -0.4 is 5.73 Å². The number of nitrogens with two attached hydrogens (primary N) is 1. The summed E-state index contributed by atoms with van der Waals surface area (Å²) in [6.45, 7) is 8.08. The molecule has 0 fully saturated rings. The number of hydrogen-bond donors (Lipinski definition) is 1. The average Bonchev–Trinajstić information content (AvgIpc) is 2.49. The summed E-state index contributed by atoms with van der Waals surface area (Å²) < 4.78 is 3.02. The molecule has 0 aliphatic carbocycles. The van der Waals surface area contributed by atoms with Gasteiger partial charge in [-0.15, -0.1) is 0 Å². The van der Waals surface area contributed by atoms with Gasteiger partial charge in [-0.2, -0.15) is 5.10 Å². The molecule has 1 aromatic heterocycles. The van der Waals surface area contributed by atoms with Crippen LogP contribution in [0.3, 0.4) is 0 Å². The van der Waals surface area contributed by atoms with Gasteiger partial charge in [0.2, 0.25) is 0 Å². The van der Waals surface area contributed by atoms with Gasteiger partial charge in [-0.3, -0.25) is 9.58 Å². The summed E-state index contributed by atoms with van der Waals surface area (Å²) >= 11 is 8.54. The number of aromatic nitrogens is 2. The molecule has 6 heteroatoms. The Morgan fingerprint density at radius 2 is 2.17 bits per heavy atom. The third-order valence-corrected chi connectivity index (χ3v) is 4.23. The van der Waals surface area contributed by atoms with Crippen LogP contribution in [0, 0.1) is 6.92 Å². The Hall–Kier alpha value is -0.460. The molecule has 1 rings (SSSR count). The Bertz CT molecular complexity index is 428. The van der Waals surface area contributed by atoms with Crippen molar-refractivity contribution in [3.63, 3.8) is 0 Å². The largest absolute Gasteiger partial charge is 0.393 e. The fraction of sp³-hybridized carbons (Fsp3) is 0.667. The highest BCUT2D eigenvalue weighted by atomic mass is 79.9. The average molecular weight is 333 g/mol. The van der Waals surface area contributed by atoms with Gasteiger partial charge >= 0.3 is 0 Å². The second-order valence-electron chi connectivity index (χ2n) is 4.75. The van der Waals surface area contributed by atoms with Crippen LogP contribution >= 0.6 is 28.1 Å². The van der Waals surface area contributed by atoms with Gasteiger partial charge in [-0.1, -0.05) is 12.2 Å². The van der Waals surface area contributed by atoms with Gasteiger partial charge in [-0.05, 0) is 36.7 Å². The van der Waals surface area contributed by atoms with Crippen molar-refractivity contribution in [2.45, 2.75) is 39.8 Å². The maximum atomic E-state index is 5.58. The van der Waals surface area contributed by atoms with E-state index in [9.17, 15) is 0 Å². The predicted octanol–water partition coefficient (Wildman–Crippen LogP) is 2.38. The molecule has 1 aromatic rings. The molecule has 0 atom stereocenters. The van der Waals surface area contributed by atoms with Crippen molar-refractivity contribution in [3.05, 3.63) is 15.9 Å². The lowest BCUT2D eigenvalue weighted by Gasteiger charge is -2.26. The van der Waals surface area contributed by atoms with Crippen molar-refractivity contribution in [1.82, 2.24) is 14.7 Å². The highest BCUT2D eigenvalue weighted by Gasteiger charge is 2.16. The molecular formula is C12H21BrN4S. The highest BCUT2D eigenvalue weighted by Crippen LogP contribution is 2.22. The summed E-state index contributed by atoms with van der Waals surface area (Å²) in [6.07, 6.45) is 0.752. The van der Waals surface area contributed by atoms with E-state index in [-0.39, 0.29) is 0 Å². The Labute approximate surface area is 123 Å². The second kappa shape index (κ2) is 6.63. The predicted molar refractivity (Wildman–Crippen MR) is 82.6 cm³/mol. The summed E-state index contributed by atoms with van der Waals surface area (Å²) in [7, 11) is 1.97. The minimum Gasteiger partial charge on any atom is -0.393 e. The first-order chi connectivity index (χ1) is 8.32. The van der Waals surface area contributed by atoms with Gasteiger partial charge in [0.15, 0.2) is 0 Å². The van der Waals surface area contributed by atoms with Gasteiger partial charge in [0.25, 0.3) is 0 Å². The number of rotatable bonds is 6. The third-order valence-electron chi connectivity index (χ3n) is 2.99. The first kappa shape index (κ1) is 15.6. The molecule has 0 aromatic carbocycles. The van der Waals surface area contributed by atoms with Gasteiger partial charge < -0.3 is 5.73 Å². The number of aryl methyl sites for hydroxylation is 2. The van der Waals surface area contributed by atoms with Crippen LogP contribution in [-0.4, -0.2) is 32.3 Å². The van der Waals surface area contributed by atoms with Crippen molar-refractivity contribution in [3.8, 4) is 0 Å². The smallest absolute Gasteiger partial charge is 0.0740 e. The summed E-state index contributed by atoms with van der Waals surface area (Å²) in [6, 6.07) is 0.446. The van der Waals surface area contributed by atoms with E-state index in [0.717, 1.165) is 29.7 Å². The molecule has 1 heterocycles. The number of nitrogens with zero attached hydrogens (tertiary/aromatic N) is 3. The quantitative estimate of drug-likeness (QED) is 0.812. The molecule has 0 radical (unpaired) electrons. The lowest BCUT2D eigenvalue weighted by Crippen LogP contribution is -2.34. The SMILES string of the molecule is Cc1nn(C)c(CN(CCC(N)=S)C(C)C)c1Br. The minimum atomic E-state index is 0.446. The maximum Gasteiger partial charge on any atom is 0.0740 e. The third kappa shape index (κ3) is 4.03. The van der Waals surface area contributed by atoms with Gasteiger partial charge in [0, 0.05) is 32.6 Å². The molecule has 102 valence electrons. The fourth-order valence-electron chi connectivity index (χ4n) is 1.82. The normalized spacial score (nSPS) is 11.5. The van der Waals surface area contributed by atoms with E-state index < -0.39 is 0 Å². The van der Waals surface area contributed by atoms with Crippen molar-refractivity contribution in [1.29, 1.82) is 0 Å². The first-order valence-corrected chi connectivity index (χ1v) is 7.23. The summed E-state index contributed by atoms with van der Waals surface area (Å²) in [5, 5.41) is 4.41. The summed E-state index contributed by atoms with van der Waals surface area (Å²) in [5.74, 6) is 0. The Kier molecular flexibility index (Phi) is 5.75. The van der Waals surface area contributed by atoms with Crippen molar-refractivity contribution < 1.29 is 0 Å². The zero-order chi connectivity index (χ0) is 13.9. The van der Waals surface area contributed by atoms with E-state index in [1.54, 1.807) is 0 Å². The van der Waals surface area contributed by atoms with E-state index >= 15 is 0 Å². The van der Waals surface area contributed by atoms with Crippen LogP contribution in [0.25, 0.3) is 0 Å². The fourth-order valence-corrected chi connectivity index (χ4v) is 2.37. The standard InChI is InChI=1S/C12H21BrN4S/c1-8(2)17(6-5-11(14)18)7-10-12(13)9(3)15-16(10)4/h8H,5-7H2,1-4H3,(H2,14,18). The molecule has 0 saturated carbocycles. The van der Waals surface area contributed by atoms with Crippen LogP contribution in [0.5, 0.6) is 0 Å². The van der Waals surface area contributed by atoms with E-state index in [1.807, 2.05) is 18.7 Å². The second-order valence-corrected chi connectivity index (χ2v) is 6.07. The molecule has 0 spiro atoms. The van der Waals surface area contributed by atoms with Crippen LogP contribution in [0.1, 0.15) is 31.7 Å². The van der Waals surface area contributed by atoms with Crippen LogP contribution in [0.4, 0.5) is 0 Å². The van der Waals surface area contributed by atoms with Crippen molar-refractivity contribution in [2.24, 2.45) is 12.8 Å². The molecule has 2 N–H and O–H groups in total. The van der Waals surface area contributed by atoms with Gasteiger partial charge in [-0.25, -0.2) is 0 Å². The molecule has 0 bridgehead atoms. The van der Waals surface area contributed by atoms with Gasteiger partial charge in [0.05, 0.1) is 20.8 Å². The molecule has 0 amide bonds. The zero-order valence-electron chi connectivity index (χ0n) is 11.4. The number of thiocarbonyl (C=S) groups is 1. The van der Waals surface area contributed by atoms with E-state index in [2.05, 4.69) is 39.8 Å². The van der Waals surface area contributed by atoms with Crippen molar-refractivity contribution >= 4 is 33.1 Å². The molecule has 0 aliphatic rings. The van der Waals surface area contributed by atoms with Crippen LogP contribution in [0.2, 0.25) is 0 Å². The molecule has 18 heavy (non-hydrogen) atoms. The number of hydrogen-bond acceptors (Lipinski definition) is 3. The molecular weight excluding hydrogens is 312 g/mol. The van der Waals surface area contributed by atoms with Crippen LogP contribution in [-0.2, 0) is 13.6 Å². The molecule has 4 nitrogen and oxygen atoms in total.